The van der Waals surface area contributed by atoms with Crippen LogP contribution in [-0.2, 0) is 4.79 Å². The molecule has 0 bridgehead atoms. The minimum atomic E-state index is -0.655. The third-order valence-corrected chi connectivity index (χ3v) is 6.10. The van der Waals surface area contributed by atoms with Gasteiger partial charge in [0.2, 0.25) is 5.91 Å². The molecule has 160 valence electrons. The van der Waals surface area contributed by atoms with Crippen molar-refractivity contribution < 1.29 is 18.8 Å². The second kappa shape index (κ2) is 10.3. The first-order valence-corrected chi connectivity index (χ1v) is 11.0. The van der Waals surface area contributed by atoms with Crippen molar-refractivity contribution in [2.75, 3.05) is 19.6 Å². The van der Waals surface area contributed by atoms with Crippen molar-refractivity contribution in [3.8, 4) is 0 Å². The summed E-state index contributed by atoms with van der Waals surface area (Å²) in [5.74, 6) is -1.21. The molecule has 0 spiro atoms. The molecular formula is C22H26FN3O3S. The van der Waals surface area contributed by atoms with Crippen molar-refractivity contribution in [3.63, 3.8) is 0 Å². The lowest BCUT2D eigenvalue weighted by atomic mass is 9.88. The molecule has 3 amide bonds. The Balaban J connectivity index is 1.65. The average Bonchev–Trinajstić information content (AvgIpc) is 3.30. The van der Waals surface area contributed by atoms with Gasteiger partial charge in [0.15, 0.2) is 0 Å². The van der Waals surface area contributed by atoms with E-state index in [1.165, 1.54) is 29.5 Å². The maximum Gasteiger partial charge on any atom is 0.262 e. The number of likely N-dealkylation sites (tertiary alicyclic amines) is 1. The fraction of sp³-hybridized carbons (Fsp3) is 0.409. The fourth-order valence-electron chi connectivity index (χ4n) is 3.62. The number of piperidine rings is 1. The standard InChI is InChI=1S/C22H26FN3O3S/c1-2-10-24-21(28)19(25-20(27)18-7-4-13-30-18)15-8-11-26(12-9-15)22(29)16-5-3-6-17(23)14-16/h3-7,13-15,19H,2,8-12H2,1H3,(H,24,28)(H,25,27)/t19-/m1/s1. The van der Waals surface area contributed by atoms with Crippen LogP contribution in [0, 0.1) is 11.7 Å². The minimum absolute atomic E-state index is 0.0812. The number of halogens is 1. The summed E-state index contributed by atoms with van der Waals surface area (Å²) >= 11 is 1.33. The maximum atomic E-state index is 13.4. The number of benzene rings is 1. The van der Waals surface area contributed by atoms with Gasteiger partial charge in [0.25, 0.3) is 11.8 Å². The molecule has 3 rings (SSSR count). The van der Waals surface area contributed by atoms with Gasteiger partial charge >= 0.3 is 0 Å². The average molecular weight is 432 g/mol. The molecule has 0 aliphatic carbocycles. The van der Waals surface area contributed by atoms with E-state index in [9.17, 15) is 18.8 Å². The largest absolute Gasteiger partial charge is 0.354 e. The number of nitrogens with one attached hydrogen (secondary N) is 2. The highest BCUT2D eigenvalue weighted by molar-refractivity contribution is 7.12. The number of rotatable bonds is 7. The third-order valence-electron chi connectivity index (χ3n) is 5.23. The highest BCUT2D eigenvalue weighted by Crippen LogP contribution is 2.23. The Labute approximate surface area is 179 Å². The SMILES string of the molecule is CCCNC(=O)[C@H](NC(=O)c1cccs1)C1CCN(C(=O)c2cccc(F)c2)CC1. The summed E-state index contributed by atoms with van der Waals surface area (Å²) in [5, 5.41) is 7.58. The molecule has 0 radical (unpaired) electrons. The number of hydrogen-bond donors (Lipinski definition) is 2. The molecule has 1 aromatic heterocycles. The molecule has 1 aromatic carbocycles. The molecule has 1 saturated heterocycles. The van der Waals surface area contributed by atoms with Gasteiger partial charge in [-0.3, -0.25) is 14.4 Å². The molecule has 0 unspecified atom stereocenters. The first kappa shape index (κ1) is 22.0. The molecule has 1 atom stereocenters. The van der Waals surface area contributed by atoms with E-state index in [1.54, 1.807) is 23.1 Å². The van der Waals surface area contributed by atoms with E-state index in [0.717, 1.165) is 6.42 Å². The van der Waals surface area contributed by atoms with Crippen LogP contribution in [0.3, 0.4) is 0 Å². The van der Waals surface area contributed by atoms with Crippen LogP contribution in [0.15, 0.2) is 41.8 Å². The first-order valence-electron chi connectivity index (χ1n) is 10.2. The van der Waals surface area contributed by atoms with Gasteiger partial charge in [-0.2, -0.15) is 0 Å². The summed E-state index contributed by atoms with van der Waals surface area (Å²) < 4.78 is 13.4. The summed E-state index contributed by atoms with van der Waals surface area (Å²) in [6.07, 6.45) is 1.96. The van der Waals surface area contributed by atoms with Gasteiger partial charge < -0.3 is 15.5 Å². The van der Waals surface area contributed by atoms with E-state index in [-0.39, 0.29) is 23.6 Å². The lowest BCUT2D eigenvalue weighted by molar-refractivity contribution is -0.124. The summed E-state index contributed by atoms with van der Waals surface area (Å²) in [6, 6.07) is 8.51. The second-order valence-corrected chi connectivity index (χ2v) is 8.31. The summed E-state index contributed by atoms with van der Waals surface area (Å²) in [7, 11) is 0. The van der Waals surface area contributed by atoms with Crippen molar-refractivity contribution in [2.45, 2.75) is 32.2 Å². The molecule has 8 heteroatoms. The Morgan fingerprint density at radius 1 is 1.20 bits per heavy atom. The monoisotopic (exact) mass is 431 g/mol. The van der Waals surface area contributed by atoms with Crippen LogP contribution in [0.5, 0.6) is 0 Å². The van der Waals surface area contributed by atoms with Crippen molar-refractivity contribution in [2.24, 2.45) is 5.92 Å². The first-order chi connectivity index (χ1) is 14.5. The van der Waals surface area contributed by atoms with Gasteiger partial charge in [-0.1, -0.05) is 19.1 Å². The summed E-state index contributed by atoms with van der Waals surface area (Å²) in [4.78, 5) is 40.2. The third kappa shape index (κ3) is 5.44. The predicted molar refractivity (Wildman–Crippen MR) is 114 cm³/mol. The van der Waals surface area contributed by atoms with Crippen LogP contribution >= 0.6 is 11.3 Å². The highest BCUT2D eigenvalue weighted by atomic mass is 32.1. The van der Waals surface area contributed by atoms with E-state index >= 15 is 0 Å². The van der Waals surface area contributed by atoms with Crippen LogP contribution in [0.4, 0.5) is 4.39 Å². The van der Waals surface area contributed by atoms with Crippen LogP contribution in [0.1, 0.15) is 46.2 Å². The zero-order chi connectivity index (χ0) is 21.5. The van der Waals surface area contributed by atoms with Crippen molar-refractivity contribution in [3.05, 3.63) is 58.0 Å². The quantitative estimate of drug-likeness (QED) is 0.707. The molecule has 0 saturated carbocycles. The van der Waals surface area contributed by atoms with Crippen molar-refractivity contribution in [1.29, 1.82) is 0 Å². The van der Waals surface area contributed by atoms with Gasteiger partial charge in [0.05, 0.1) is 4.88 Å². The molecule has 2 N–H and O–H groups in total. The second-order valence-electron chi connectivity index (χ2n) is 7.36. The molecule has 2 aromatic rings. The molecule has 30 heavy (non-hydrogen) atoms. The highest BCUT2D eigenvalue weighted by Gasteiger charge is 2.34. The number of carbonyl (C=O) groups is 3. The minimum Gasteiger partial charge on any atom is -0.354 e. The Morgan fingerprint density at radius 3 is 2.60 bits per heavy atom. The summed E-state index contributed by atoms with van der Waals surface area (Å²) in [6.45, 7) is 3.41. The van der Waals surface area contributed by atoms with Crippen molar-refractivity contribution in [1.82, 2.24) is 15.5 Å². The van der Waals surface area contributed by atoms with E-state index in [4.69, 9.17) is 0 Å². The topological polar surface area (TPSA) is 78.5 Å². The predicted octanol–water partition coefficient (Wildman–Crippen LogP) is 3.06. The molecule has 2 heterocycles. The van der Waals surface area contributed by atoms with E-state index in [1.807, 2.05) is 12.3 Å². The van der Waals surface area contributed by atoms with Gasteiger partial charge in [-0.25, -0.2) is 4.39 Å². The van der Waals surface area contributed by atoms with Gasteiger partial charge in [-0.15, -0.1) is 11.3 Å². The summed E-state index contributed by atoms with van der Waals surface area (Å²) in [5.41, 5.74) is 0.316. The van der Waals surface area contributed by atoms with E-state index in [2.05, 4.69) is 10.6 Å². The maximum absolute atomic E-state index is 13.4. The number of carbonyl (C=O) groups excluding carboxylic acids is 3. The Morgan fingerprint density at radius 2 is 1.97 bits per heavy atom. The Bertz CT molecular complexity index is 880. The molecule has 1 aliphatic rings. The normalized spacial score (nSPS) is 15.5. The van der Waals surface area contributed by atoms with E-state index < -0.39 is 11.9 Å². The van der Waals surface area contributed by atoms with Crippen molar-refractivity contribution >= 4 is 29.1 Å². The van der Waals surface area contributed by atoms with E-state index in [0.29, 0.717) is 42.9 Å². The number of nitrogens with zero attached hydrogens (tertiary/aromatic N) is 1. The molecule has 1 aliphatic heterocycles. The number of thiophene rings is 1. The van der Waals surface area contributed by atoms with Crippen LogP contribution < -0.4 is 10.6 Å². The zero-order valence-electron chi connectivity index (χ0n) is 16.9. The Kier molecular flexibility index (Phi) is 7.57. The van der Waals surface area contributed by atoms with Crippen LogP contribution in [-0.4, -0.2) is 48.3 Å². The molecule has 1 fully saturated rings. The van der Waals surface area contributed by atoms with Gasteiger partial charge in [0.1, 0.15) is 11.9 Å². The smallest absolute Gasteiger partial charge is 0.262 e. The van der Waals surface area contributed by atoms with Gasteiger partial charge in [0, 0.05) is 25.2 Å². The Hall–Kier alpha value is -2.74. The lowest BCUT2D eigenvalue weighted by Crippen LogP contribution is -2.53. The van der Waals surface area contributed by atoms with Gasteiger partial charge in [-0.05, 0) is 54.8 Å². The zero-order valence-corrected chi connectivity index (χ0v) is 17.7. The molecular weight excluding hydrogens is 405 g/mol. The fourth-order valence-corrected chi connectivity index (χ4v) is 4.24. The number of hydrogen-bond acceptors (Lipinski definition) is 4. The lowest BCUT2D eigenvalue weighted by Gasteiger charge is -2.35. The number of amides is 3. The van der Waals surface area contributed by atoms with Crippen LogP contribution in [0.25, 0.3) is 0 Å². The van der Waals surface area contributed by atoms with Crippen LogP contribution in [0.2, 0.25) is 0 Å². The molecule has 6 nitrogen and oxygen atoms in total.